The summed E-state index contributed by atoms with van der Waals surface area (Å²) in [6.45, 7) is 1.82. The van der Waals surface area contributed by atoms with Crippen molar-refractivity contribution < 1.29 is 18.7 Å². The quantitative estimate of drug-likeness (QED) is 0.708. The maximum atomic E-state index is 14.0. The van der Waals surface area contributed by atoms with Gasteiger partial charge in [-0.1, -0.05) is 54.2 Å². The van der Waals surface area contributed by atoms with E-state index in [2.05, 4.69) is 4.99 Å². The molecule has 1 fully saturated rings. The van der Waals surface area contributed by atoms with Crippen molar-refractivity contribution >= 4 is 28.8 Å². The smallest absolute Gasteiger partial charge is 0.338 e. The fraction of sp³-hybridized carbons (Fsp3) is 0.227. The molecule has 29 heavy (non-hydrogen) atoms. The normalized spacial score (nSPS) is 19.0. The number of rotatable bonds is 4. The molecule has 2 aliphatic heterocycles. The number of carbonyl (C=O) groups excluding carboxylic acids is 2. The number of carbonyl (C=O) groups is 2. The van der Waals surface area contributed by atoms with E-state index in [0.717, 1.165) is 5.56 Å². The molecule has 2 aliphatic rings. The number of fused-ring (bicyclic) bond motifs is 1. The lowest BCUT2D eigenvalue weighted by Crippen LogP contribution is -2.45. The molecule has 0 spiro atoms. The molecule has 0 bridgehead atoms. The van der Waals surface area contributed by atoms with Crippen molar-refractivity contribution in [2.75, 3.05) is 5.75 Å². The second kappa shape index (κ2) is 8.21. The number of amides is 1. The molecule has 1 atom stereocenters. The summed E-state index contributed by atoms with van der Waals surface area (Å²) in [6, 6.07) is 14.5. The Kier molecular flexibility index (Phi) is 5.49. The van der Waals surface area contributed by atoms with E-state index in [1.807, 2.05) is 30.3 Å². The number of thioether (sulfide) groups is 1. The average molecular weight is 410 g/mol. The summed E-state index contributed by atoms with van der Waals surface area (Å²) in [5.74, 6) is -0.506. The third-order valence-corrected chi connectivity index (χ3v) is 5.76. The molecule has 4 rings (SSSR count). The molecular weight excluding hydrogens is 391 g/mol. The summed E-state index contributed by atoms with van der Waals surface area (Å²) in [5, 5.41) is 0.535. The van der Waals surface area contributed by atoms with Gasteiger partial charge in [-0.3, -0.25) is 9.69 Å². The molecular formula is C22H19FN2O3S. The second-order valence-electron chi connectivity index (χ2n) is 6.77. The van der Waals surface area contributed by atoms with E-state index in [1.54, 1.807) is 19.1 Å². The van der Waals surface area contributed by atoms with E-state index in [1.165, 1.54) is 28.8 Å². The molecule has 0 saturated carbocycles. The molecule has 0 N–H and O–H groups in total. The number of allylic oxidation sites excluding steroid dienone is 1. The van der Waals surface area contributed by atoms with Crippen LogP contribution >= 0.6 is 11.8 Å². The first-order chi connectivity index (χ1) is 14.0. The van der Waals surface area contributed by atoms with Crippen molar-refractivity contribution in [2.24, 2.45) is 4.99 Å². The number of halogens is 1. The average Bonchev–Trinajstić information content (AvgIpc) is 2.72. The molecule has 2 aromatic carbocycles. The monoisotopic (exact) mass is 410 g/mol. The molecule has 148 valence electrons. The van der Waals surface area contributed by atoms with Crippen LogP contribution in [0.25, 0.3) is 0 Å². The minimum Gasteiger partial charge on any atom is -0.457 e. The van der Waals surface area contributed by atoms with Gasteiger partial charge in [-0.25, -0.2) is 14.2 Å². The van der Waals surface area contributed by atoms with Gasteiger partial charge >= 0.3 is 5.97 Å². The maximum absolute atomic E-state index is 14.0. The van der Waals surface area contributed by atoms with Gasteiger partial charge in [-0.15, -0.1) is 0 Å². The van der Waals surface area contributed by atoms with Gasteiger partial charge in [0.1, 0.15) is 12.4 Å². The molecule has 0 aliphatic carbocycles. The third kappa shape index (κ3) is 3.96. The third-order valence-electron chi connectivity index (χ3n) is 4.80. The van der Waals surface area contributed by atoms with Crippen LogP contribution in [0.3, 0.4) is 0 Å². The molecule has 0 aromatic heterocycles. The molecule has 0 unspecified atom stereocenters. The van der Waals surface area contributed by atoms with Crippen LogP contribution in [-0.2, 0) is 20.9 Å². The molecule has 2 heterocycles. The van der Waals surface area contributed by atoms with Crippen LogP contribution in [0, 0.1) is 5.82 Å². The Labute approximate surface area is 172 Å². The Bertz CT molecular complexity index is 1020. The van der Waals surface area contributed by atoms with Crippen molar-refractivity contribution in [3.63, 3.8) is 0 Å². The fourth-order valence-corrected chi connectivity index (χ4v) is 4.46. The number of amidine groups is 1. The summed E-state index contributed by atoms with van der Waals surface area (Å²) >= 11 is 1.46. The Morgan fingerprint density at radius 1 is 1.24 bits per heavy atom. The number of hydrogen-bond donors (Lipinski definition) is 0. The lowest BCUT2D eigenvalue weighted by Gasteiger charge is -2.38. The first-order valence-electron chi connectivity index (χ1n) is 9.25. The van der Waals surface area contributed by atoms with Crippen molar-refractivity contribution in [2.45, 2.75) is 26.0 Å². The topological polar surface area (TPSA) is 59.0 Å². The van der Waals surface area contributed by atoms with Gasteiger partial charge in [0.05, 0.1) is 17.3 Å². The molecule has 2 aromatic rings. The van der Waals surface area contributed by atoms with Gasteiger partial charge in [0.25, 0.3) is 0 Å². The maximum Gasteiger partial charge on any atom is 0.338 e. The molecule has 1 saturated heterocycles. The van der Waals surface area contributed by atoms with Crippen LogP contribution in [0.1, 0.15) is 30.5 Å². The number of ether oxygens (including phenoxy) is 1. The van der Waals surface area contributed by atoms with E-state index in [0.29, 0.717) is 28.6 Å². The van der Waals surface area contributed by atoms with E-state index in [-0.39, 0.29) is 18.1 Å². The number of aliphatic imine (C=N–C) groups is 1. The van der Waals surface area contributed by atoms with E-state index < -0.39 is 17.8 Å². The van der Waals surface area contributed by atoms with Crippen LogP contribution in [0.2, 0.25) is 0 Å². The van der Waals surface area contributed by atoms with Crippen molar-refractivity contribution in [3.05, 3.63) is 82.8 Å². The first-order valence-corrected chi connectivity index (χ1v) is 10.2. The molecule has 1 amide bonds. The number of nitrogens with zero attached hydrogens (tertiary/aromatic N) is 2. The highest BCUT2D eigenvalue weighted by molar-refractivity contribution is 8.14. The zero-order valence-corrected chi connectivity index (χ0v) is 16.6. The highest BCUT2D eigenvalue weighted by Gasteiger charge is 2.41. The summed E-state index contributed by atoms with van der Waals surface area (Å²) < 4.78 is 19.5. The van der Waals surface area contributed by atoms with E-state index >= 15 is 0 Å². The van der Waals surface area contributed by atoms with Crippen molar-refractivity contribution in [3.8, 4) is 0 Å². The zero-order chi connectivity index (χ0) is 20.4. The summed E-state index contributed by atoms with van der Waals surface area (Å²) in [4.78, 5) is 31.7. The van der Waals surface area contributed by atoms with Gasteiger partial charge in [-0.2, -0.15) is 0 Å². The Morgan fingerprint density at radius 3 is 2.79 bits per heavy atom. The standard InChI is InChI=1S/C22H19FN2O3S/c1-14-19(21(27)28-13-15-6-3-2-4-7-15)20(16-8-5-9-17(23)12-16)25-18(26)10-11-29-22(25)24-14/h2-9,12,20H,10-11,13H2,1H3/t20-/m1/s1. The van der Waals surface area contributed by atoms with Crippen LogP contribution in [0.15, 0.2) is 70.9 Å². The summed E-state index contributed by atoms with van der Waals surface area (Å²) in [7, 11) is 0. The Morgan fingerprint density at radius 2 is 2.03 bits per heavy atom. The first kappa shape index (κ1) is 19.4. The predicted molar refractivity (Wildman–Crippen MR) is 109 cm³/mol. The molecule has 5 nitrogen and oxygen atoms in total. The Balaban J connectivity index is 1.72. The Hall–Kier alpha value is -2.93. The minimum atomic E-state index is -0.762. The van der Waals surface area contributed by atoms with Crippen LogP contribution in [0.4, 0.5) is 4.39 Å². The largest absolute Gasteiger partial charge is 0.457 e. The minimum absolute atomic E-state index is 0.103. The summed E-state index contributed by atoms with van der Waals surface area (Å²) in [6.07, 6.45) is 0.334. The second-order valence-corrected chi connectivity index (χ2v) is 7.84. The van der Waals surface area contributed by atoms with Crippen molar-refractivity contribution in [1.82, 2.24) is 4.90 Å². The van der Waals surface area contributed by atoms with Gasteiger partial charge in [0, 0.05) is 12.2 Å². The highest BCUT2D eigenvalue weighted by Crippen LogP contribution is 2.40. The molecule has 7 heteroatoms. The van der Waals surface area contributed by atoms with Gasteiger partial charge in [-0.05, 0) is 30.2 Å². The fourth-order valence-electron chi connectivity index (χ4n) is 3.45. The number of hydrogen-bond acceptors (Lipinski definition) is 5. The predicted octanol–water partition coefficient (Wildman–Crippen LogP) is 4.22. The van der Waals surface area contributed by atoms with E-state index in [9.17, 15) is 14.0 Å². The lowest BCUT2D eigenvalue weighted by molar-refractivity contribution is -0.141. The van der Waals surface area contributed by atoms with Gasteiger partial charge < -0.3 is 4.74 Å². The van der Waals surface area contributed by atoms with Gasteiger partial charge in [0.15, 0.2) is 5.17 Å². The van der Waals surface area contributed by atoms with Crippen LogP contribution in [0.5, 0.6) is 0 Å². The summed E-state index contributed by atoms with van der Waals surface area (Å²) in [5.41, 5.74) is 2.10. The van der Waals surface area contributed by atoms with Gasteiger partial charge in [0.2, 0.25) is 5.91 Å². The number of esters is 1. The number of benzene rings is 2. The van der Waals surface area contributed by atoms with Crippen LogP contribution in [-0.4, -0.2) is 27.7 Å². The zero-order valence-electron chi connectivity index (χ0n) is 15.8. The highest BCUT2D eigenvalue weighted by atomic mass is 32.2. The van der Waals surface area contributed by atoms with E-state index in [4.69, 9.17) is 4.74 Å². The SMILES string of the molecule is CC1=C(C(=O)OCc2ccccc2)[C@@H](c2cccc(F)c2)N2C(=O)CCSC2=N1. The van der Waals surface area contributed by atoms with Crippen LogP contribution < -0.4 is 0 Å². The molecule has 0 radical (unpaired) electrons. The lowest BCUT2D eigenvalue weighted by atomic mass is 9.94. The van der Waals surface area contributed by atoms with Crippen molar-refractivity contribution in [1.29, 1.82) is 0 Å².